The molecule has 1 N–H and O–H groups in total. The van der Waals surface area contributed by atoms with E-state index >= 15 is 0 Å². The lowest BCUT2D eigenvalue weighted by Gasteiger charge is -2.20. The lowest BCUT2D eigenvalue weighted by Crippen LogP contribution is -2.19. The molecule has 4 heteroatoms. The molecule has 152 valence electrons. The molecular formula is C28H17NO3. The average Bonchev–Trinajstić information content (AvgIpc) is 3.39. The highest BCUT2D eigenvalue weighted by molar-refractivity contribution is 6.25. The van der Waals surface area contributed by atoms with Crippen molar-refractivity contribution in [1.29, 1.82) is 0 Å². The van der Waals surface area contributed by atoms with E-state index in [1.54, 1.807) is 0 Å². The zero-order chi connectivity index (χ0) is 21.2. The lowest BCUT2D eigenvalue weighted by atomic mass is 9.94. The quantitative estimate of drug-likeness (QED) is 0.298. The second-order valence-corrected chi connectivity index (χ2v) is 8.17. The molecule has 0 bridgehead atoms. The standard InChI is InChI=1S/C28H17NO3/c30-28-17(13-16-9-11-24-20(14-16)18-5-2-4-8-23(18)32-24)15-31-25-12-10-22-26(27(25)28)19-6-1-3-7-21(19)29-22/h1-14,29H,15H2/b17-13+. The summed E-state index contributed by atoms with van der Waals surface area (Å²) >= 11 is 0. The topological polar surface area (TPSA) is 55.2 Å². The van der Waals surface area contributed by atoms with Gasteiger partial charge in [-0.05, 0) is 48.0 Å². The van der Waals surface area contributed by atoms with Gasteiger partial charge in [0.15, 0.2) is 5.78 Å². The van der Waals surface area contributed by atoms with Crippen LogP contribution in [-0.2, 0) is 0 Å². The molecule has 0 amide bonds. The molecule has 4 aromatic carbocycles. The van der Waals surface area contributed by atoms with Gasteiger partial charge in [0.25, 0.3) is 0 Å². The van der Waals surface area contributed by atoms with E-state index in [9.17, 15) is 4.79 Å². The predicted molar refractivity (Wildman–Crippen MR) is 127 cm³/mol. The summed E-state index contributed by atoms with van der Waals surface area (Å²) in [5, 5.41) is 4.06. The zero-order valence-corrected chi connectivity index (χ0v) is 17.0. The third-order valence-electron chi connectivity index (χ3n) is 6.28. The first-order valence-electron chi connectivity index (χ1n) is 10.6. The van der Waals surface area contributed by atoms with Crippen molar-refractivity contribution in [2.75, 3.05) is 6.61 Å². The van der Waals surface area contributed by atoms with Gasteiger partial charge in [-0.3, -0.25) is 4.79 Å². The van der Waals surface area contributed by atoms with Crippen molar-refractivity contribution in [3.63, 3.8) is 0 Å². The van der Waals surface area contributed by atoms with Crippen molar-refractivity contribution in [2.24, 2.45) is 0 Å². The first-order chi connectivity index (χ1) is 15.8. The molecule has 7 rings (SSSR count). The van der Waals surface area contributed by atoms with Gasteiger partial charge in [-0.2, -0.15) is 0 Å². The fourth-order valence-corrected chi connectivity index (χ4v) is 4.79. The summed E-state index contributed by atoms with van der Waals surface area (Å²) in [5.74, 6) is 0.652. The summed E-state index contributed by atoms with van der Waals surface area (Å²) in [5.41, 5.74) is 5.87. The van der Waals surface area contributed by atoms with Crippen molar-refractivity contribution in [3.05, 3.63) is 95.6 Å². The van der Waals surface area contributed by atoms with Crippen LogP contribution in [0.3, 0.4) is 0 Å². The van der Waals surface area contributed by atoms with E-state index in [1.165, 1.54) is 0 Å². The number of benzene rings is 4. The number of para-hydroxylation sites is 2. The maximum absolute atomic E-state index is 13.6. The zero-order valence-electron chi connectivity index (χ0n) is 17.0. The number of ether oxygens (including phenoxy) is 1. The van der Waals surface area contributed by atoms with Crippen LogP contribution < -0.4 is 4.74 Å². The second-order valence-electron chi connectivity index (χ2n) is 8.17. The van der Waals surface area contributed by atoms with E-state index in [0.29, 0.717) is 16.9 Å². The largest absolute Gasteiger partial charge is 0.488 e. The SMILES string of the molecule is O=C1/C(=C/c2ccc3oc4ccccc4c3c2)COc2ccc3[nH]c4ccccc4c3c21. The Morgan fingerprint density at radius 1 is 0.781 bits per heavy atom. The first-order valence-corrected chi connectivity index (χ1v) is 10.6. The minimum Gasteiger partial charge on any atom is -0.488 e. The number of Topliss-reactive ketones (excluding diaryl/α,β-unsaturated/α-hetero) is 1. The number of ketones is 1. The van der Waals surface area contributed by atoms with Crippen molar-refractivity contribution in [1.82, 2.24) is 4.98 Å². The fraction of sp³-hybridized carbons (Fsp3) is 0.0357. The van der Waals surface area contributed by atoms with Crippen LogP contribution in [0.5, 0.6) is 5.75 Å². The van der Waals surface area contributed by atoms with Gasteiger partial charge in [0.05, 0.1) is 5.56 Å². The molecule has 4 nitrogen and oxygen atoms in total. The second kappa shape index (κ2) is 6.34. The van der Waals surface area contributed by atoms with E-state index in [0.717, 1.165) is 49.3 Å². The highest BCUT2D eigenvalue weighted by Gasteiger charge is 2.27. The van der Waals surface area contributed by atoms with E-state index in [4.69, 9.17) is 9.15 Å². The number of rotatable bonds is 1. The van der Waals surface area contributed by atoms with Crippen LogP contribution in [0.1, 0.15) is 15.9 Å². The van der Waals surface area contributed by atoms with Crippen LogP contribution >= 0.6 is 0 Å². The van der Waals surface area contributed by atoms with E-state index in [2.05, 4.69) is 17.1 Å². The van der Waals surface area contributed by atoms with Crippen LogP contribution in [0, 0.1) is 0 Å². The average molecular weight is 415 g/mol. The summed E-state index contributed by atoms with van der Waals surface area (Å²) in [6.07, 6.45) is 1.93. The number of nitrogens with one attached hydrogen (secondary N) is 1. The Labute approximate surface area is 182 Å². The molecule has 0 unspecified atom stereocenters. The van der Waals surface area contributed by atoms with Gasteiger partial charge < -0.3 is 14.1 Å². The molecule has 0 saturated carbocycles. The molecule has 0 saturated heterocycles. The van der Waals surface area contributed by atoms with Crippen molar-refractivity contribution in [3.8, 4) is 5.75 Å². The lowest BCUT2D eigenvalue weighted by molar-refractivity contribution is 0.100. The van der Waals surface area contributed by atoms with Crippen LogP contribution in [0.25, 0.3) is 49.8 Å². The molecule has 0 radical (unpaired) electrons. The number of hydrogen-bond donors (Lipinski definition) is 1. The molecule has 0 fully saturated rings. The summed E-state index contributed by atoms with van der Waals surface area (Å²) < 4.78 is 12.0. The summed E-state index contributed by atoms with van der Waals surface area (Å²) in [6, 6.07) is 25.9. The monoisotopic (exact) mass is 415 g/mol. The minimum atomic E-state index is 0.0127. The number of H-pyrrole nitrogens is 1. The third kappa shape index (κ3) is 2.41. The van der Waals surface area contributed by atoms with Gasteiger partial charge in [-0.15, -0.1) is 0 Å². The number of furan rings is 1. The number of aromatic amines is 1. The molecule has 1 aliphatic rings. The molecule has 0 aliphatic carbocycles. The Kier molecular flexibility index (Phi) is 3.45. The first kappa shape index (κ1) is 17.4. The van der Waals surface area contributed by atoms with E-state index in [1.807, 2.05) is 72.8 Å². The normalized spacial score (nSPS) is 15.1. The summed E-state index contributed by atoms with van der Waals surface area (Å²) in [6.45, 7) is 0.254. The summed E-state index contributed by atoms with van der Waals surface area (Å²) in [7, 11) is 0. The molecule has 3 heterocycles. The Bertz CT molecular complexity index is 1750. The number of carbonyl (C=O) groups excluding carboxylic acids is 1. The van der Waals surface area contributed by atoms with Gasteiger partial charge in [-0.25, -0.2) is 0 Å². The summed E-state index contributed by atoms with van der Waals surface area (Å²) in [4.78, 5) is 17.0. The Hall–Kier alpha value is -4.31. The van der Waals surface area contributed by atoms with Crippen LogP contribution in [0.4, 0.5) is 0 Å². The maximum Gasteiger partial charge on any atom is 0.196 e. The van der Waals surface area contributed by atoms with E-state index < -0.39 is 0 Å². The van der Waals surface area contributed by atoms with E-state index in [-0.39, 0.29) is 12.4 Å². The highest BCUT2D eigenvalue weighted by Crippen LogP contribution is 2.38. The third-order valence-corrected chi connectivity index (χ3v) is 6.28. The van der Waals surface area contributed by atoms with Gasteiger partial charge in [-0.1, -0.05) is 42.5 Å². The van der Waals surface area contributed by atoms with Crippen molar-refractivity contribution >= 4 is 55.6 Å². The Morgan fingerprint density at radius 3 is 2.53 bits per heavy atom. The molecule has 6 aromatic rings. The van der Waals surface area contributed by atoms with Crippen LogP contribution in [0.15, 0.2) is 88.9 Å². The van der Waals surface area contributed by atoms with Crippen molar-refractivity contribution in [2.45, 2.75) is 0 Å². The smallest absolute Gasteiger partial charge is 0.196 e. The molecule has 0 spiro atoms. The fourth-order valence-electron chi connectivity index (χ4n) is 4.79. The highest BCUT2D eigenvalue weighted by atomic mass is 16.5. The van der Waals surface area contributed by atoms with Crippen LogP contribution in [-0.4, -0.2) is 17.4 Å². The molecule has 0 atom stereocenters. The van der Waals surface area contributed by atoms with Crippen LogP contribution in [0.2, 0.25) is 0 Å². The Morgan fingerprint density at radius 2 is 1.59 bits per heavy atom. The van der Waals surface area contributed by atoms with Gasteiger partial charge in [0.1, 0.15) is 23.5 Å². The predicted octanol–water partition coefficient (Wildman–Crippen LogP) is 6.88. The van der Waals surface area contributed by atoms with Crippen molar-refractivity contribution < 1.29 is 13.9 Å². The number of hydrogen-bond acceptors (Lipinski definition) is 3. The number of fused-ring (bicyclic) bond motifs is 8. The van der Waals surface area contributed by atoms with Gasteiger partial charge in [0, 0.05) is 38.2 Å². The maximum atomic E-state index is 13.6. The number of carbonyl (C=O) groups is 1. The molecule has 32 heavy (non-hydrogen) atoms. The Balaban J connectivity index is 1.39. The van der Waals surface area contributed by atoms with Gasteiger partial charge >= 0.3 is 0 Å². The molecule has 2 aromatic heterocycles. The molecular weight excluding hydrogens is 398 g/mol. The van der Waals surface area contributed by atoms with Gasteiger partial charge in [0.2, 0.25) is 0 Å². The molecule has 1 aliphatic heterocycles. The number of aromatic nitrogens is 1. The minimum absolute atomic E-state index is 0.0127.